The van der Waals surface area contributed by atoms with Gasteiger partial charge in [-0.05, 0) is 49.6 Å². The fourth-order valence-electron chi connectivity index (χ4n) is 2.87. The summed E-state index contributed by atoms with van der Waals surface area (Å²) in [5.74, 6) is -0.186. The molecule has 1 N–H and O–H groups in total. The maximum Gasteiger partial charge on any atom is 0.310 e. The number of esters is 1. The van der Waals surface area contributed by atoms with Gasteiger partial charge in [-0.1, -0.05) is 36.4 Å². The summed E-state index contributed by atoms with van der Waals surface area (Å²) in [7, 11) is 0. The highest BCUT2D eigenvalue weighted by molar-refractivity contribution is 5.91. The van der Waals surface area contributed by atoms with E-state index in [0.29, 0.717) is 6.42 Å². The molecule has 3 aromatic rings. The summed E-state index contributed by atoms with van der Waals surface area (Å²) >= 11 is 0. The molecule has 3 rings (SSSR count). The Morgan fingerprint density at radius 2 is 1.83 bits per heavy atom. The number of carbonyl (C=O) groups excluding carboxylic acids is 1. The highest BCUT2D eigenvalue weighted by atomic mass is 16.5. The molecule has 0 atom stereocenters. The van der Waals surface area contributed by atoms with Crippen LogP contribution >= 0.6 is 0 Å². The van der Waals surface area contributed by atoms with E-state index in [9.17, 15) is 4.79 Å². The van der Waals surface area contributed by atoms with E-state index in [-0.39, 0.29) is 12.1 Å². The standard InChI is InChI=1S/C20H21NO2/c1-13(2)23-20(22)12-17-14(3)21-19-10-9-16(11-18(17)19)15-7-5-4-6-8-15/h4-11,13,21H,12H2,1-3H3. The zero-order valence-electron chi connectivity index (χ0n) is 13.7. The Labute approximate surface area is 136 Å². The van der Waals surface area contributed by atoms with E-state index in [4.69, 9.17) is 4.74 Å². The van der Waals surface area contributed by atoms with Crippen LogP contribution in [0.4, 0.5) is 0 Å². The number of H-pyrrole nitrogens is 1. The van der Waals surface area contributed by atoms with Gasteiger partial charge in [0.25, 0.3) is 0 Å². The van der Waals surface area contributed by atoms with Gasteiger partial charge in [-0.2, -0.15) is 0 Å². The van der Waals surface area contributed by atoms with Crippen LogP contribution in [0.25, 0.3) is 22.0 Å². The minimum Gasteiger partial charge on any atom is -0.463 e. The Morgan fingerprint density at radius 1 is 1.09 bits per heavy atom. The molecular weight excluding hydrogens is 286 g/mol. The minimum absolute atomic E-state index is 0.0899. The molecule has 1 aromatic heterocycles. The first-order valence-electron chi connectivity index (χ1n) is 7.90. The molecular formula is C20H21NO2. The van der Waals surface area contributed by atoms with Crippen molar-refractivity contribution in [2.45, 2.75) is 33.3 Å². The predicted octanol–water partition coefficient (Wildman–Crippen LogP) is 4.64. The smallest absolute Gasteiger partial charge is 0.310 e. The second kappa shape index (κ2) is 6.29. The lowest BCUT2D eigenvalue weighted by Crippen LogP contribution is -2.13. The topological polar surface area (TPSA) is 42.1 Å². The van der Waals surface area contributed by atoms with Gasteiger partial charge in [-0.3, -0.25) is 4.79 Å². The molecule has 0 unspecified atom stereocenters. The van der Waals surface area contributed by atoms with E-state index in [1.54, 1.807) is 0 Å². The van der Waals surface area contributed by atoms with Crippen molar-refractivity contribution in [1.29, 1.82) is 0 Å². The number of hydrogen-bond donors (Lipinski definition) is 1. The molecule has 0 aliphatic rings. The first-order chi connectivity index (χ1) is 11.0. The average Bonchev–Trinajstić information content (AvgIpc) is 2.83. The van der Waals surface area contributed by atoms with Crippen LogP contribution in [-0.4, -0.2) is 17.1 Å². The van der Waals surface area contributed by atoms with E-state index in [2.05, 4.69) is 35.3 Å². The van der Waals surface area contributed by atoms with E-state index in [0.717, 1.165) is 27.7 Å². The molecule has 0 aliphatic carbocycles. The van der Waals surface area contributed by atoms with Gasteiger partial charge in [-0.25, -0.2) is 0 Å². The van der Waals surface area contributed by atoms with Crippen LogP contribution in [0.1, 0.15) is 25.1 Å². The molecule has 0 radical (unpaired) electrons. The van der Waals surface area contributed by atoms with Crippen molar-refractivity contribution < 1.29 is 9.53 Å². The van der Waals surface area contributed by atoms with Gasteiger partial charge < -0.3 is 9.72 Å². The number of aryl methyl sites for hydroxylation is 1. The second-order valence-corrected chi connectivity index (χ2v) is 6.07. The molecule has 0 saturated heterocycles. The number of benzene rings is 2. The van der Waals surface area contributed by atoms with Gasteiger partial charge in [0.15, 0.2) is 0 Å². The second-order valence-electron chi connectivity index (χ2n) is 6.07. The summed E-state index contributed by atoms with van der Waals surface area (Å²) in [5, 5.41) is 1.09. The monoisotopic (exact) mass is 307 g/mol. The Hall–Kier alpha value is -2.55. The third kappa shape index (κ3) is 3.29. The van der Waals surface area contributed by atoms with Crippen molar-refractivity contribution in [3.63, 3.8) is 0 Å². The summed E-state index contributed by atoms with van der Waals surface area (Å²) in [6.07, 6.45) is 0.204. The maximum absolute atomic E-state index is 12.0. The van der Waals surface area contributed by atoms with E-state index < -0.39 is 0 Å². The third-order valence-corrected chi connectivity index (χ3v) is 3.91. The molecule has 0 aliphatic heterocycles. The van der Waals surface area contributed by atoms with Gasteiger partial charge in [-0.15, -0.1) is 0 Å². The third-order valence-electron chi connectivity index (χ3n) is 3.91. The Bertz CT molecular complexity index is 831. The first-order valence-corrected chi connectivity index (χ1v) is 7.90. The van der Waals surface area contributed by atoms with E-state index >= 15 is 0 Å². The van der Waals surface area contributed by atoms with Gasteiger partial charge in [0, 0.05) is 16.6 Å². The SMILES string of the molecule is Cc1[nH]c2ccc(-c3ccccc3)cc2c1CC(=O)OC(C)C. The lowest BCUT2D eigenvalue weighted by Gasteiger charge is -2.08. The number of ether oxygens (including phenoxy) is 1. The number of rotatable bonds is 4. The van der Waals surface area contributed by atoms with E-state index in [1.807, 2.05) is 39.0 Å². The van der Waals surface area contributed by atoms with Crippen molar-refractivity contribution in [2.24, 2.45) is 0 Å². The van der Waals surface area contributed by atoms with Gasteiger partial charge in [0.2, 0.25) is 0 Å². The zero-order chi connectivity index (χ0) is 16.4. The Morgan fingerprint density at radius 3 is 2.52 bits per heavy atom. The van der Waals surface area contributed by atoms with Crippen LogP contribution in [0, 0.1) is 6.92 Å². The molecule has 2 aromatic carbocycles. The number of nitrogens with one attached hydrogen (secondary N) is 1. The van der Waals surface area contributed by atoms with Crippen molar-refractivity contribution in [1.82, 2.24) is 4.98 Å². The zero-order valence-corrected chi connectivity index (χ0v) is 13.7. The summed E-state index contributed by atoms with van der Waals surface area (Å²) in [4.78, 5) is 15.4. The normalized spacial score (nSPS) is 11.1. The molecule has 23 heavy (non-hydrogen) atoms. The van der Waals surface area contributed by atoms with Gasteiger partial charge >= 0.3 is 5.97 Å². The lowest BCUT2D eigenvalue weighted by molar-refractivity contribution is -0.146. The molecule has 3 nitrogen and oxygen atoms in total. The lowest BCUT2D eigenvalue weighted by atomic mass is 10.0. The summed E-state index contributed by atoms with van der Waals surface area (Å²) in [5.41, 5.74) is 5.41. The molecule has 3 heteroatoms. The van der Waals surface area contributed by atoms with Crippen LogP contribution in [0.2, 0.25) is 0 Å². The number of aromatic amines is 1. The Kier molecular flexibility index (Phi) is 4.20. The van der Waals surface area contributed by atoms with Crippen LogP contribution < -0.4 is 0 Å². The van der Waals surface area contributed by atoms with Gasteiger partial charge in [0.1, 0.15) is 0 Å². The highest BCUT2D eigenvalue weighted by Crippen LogP contribution is 2.28. The number of carbonyl (C=O) groups is 1. The number of hydrogen-bond acceptors (Lipinski definition) is 2. The van der Waals surface area contributed by atoms with Crippen molar-refractivity contribution in [2.75, 3.05) is 0 Å². The first kappa shape index (κ1) is 15.3. The highest BCUT2D eigenvalue weighted by Gasteiger charge is 2.15. The van der Waals surface area contributed by atoms with Crippen LogP contribution in [0.5, 0.6) is 0 Å². The minimum atomic E-state index is -0.186. The molecule has 0 bridgehead atoms. The molecule has 0 saturated carbocycles. The van der Waals surface area contributed by atoms with Crippen molar-refractivity contribution in [3.05, 3.63) is 59.8 Å². The summed E-state index contributed by atoms with van der Waals surface area (Å²) in [6, 6.07) is 16.6. The summed E-state index contributed by atoms with van der Waals surface area (Å²) < 4.78 is 5.29. The molecule has 1 heterocycles. The summed E-state index contributed by atoms with van der Waals surface area (Å²) in [6.45, 7) is 5.74. The van der Waals surface area contributed by atoms with Crippen LogP contribution in [-0.2, 0) is 16.0 Å². The quantitative estimate of drug-likeness (QED) is 0.714. The molecule has 0 fully saturated rings. The van der Waals surface area contributed by atoms with E-state index in [1.165, 1.54) is 5.56 Å². The number of aromatic nitrogens is 1. The fraction of sp³-hybridized carbons (Fsp3) is 0.250. The van der Waals surface area contributed by atoms with Crippen molar-refractivity contribution in [3.8, 4) is 11.1 Å². The van der Waals surface area contributed by atoms with Crippen LogP contribution in [0.3, 0.4) is 0 Å². The van der Waals surface area contributed by atoms with Crippen LogP contribution in [0.15, 0.2) is 48.5 Å². The number of fused-ring (bicyclic) bond motifs is 1. The maximum atomic E-state index is 12.0. The largest absolute Gasteiger partial charge is 0.463 e. The van der Waals surface area contributed by atoms with Gasteiger partial charge in [0.05, 0.1) is 12.5 Å². The fourth-order valence-corrected chi connectivity index (χ4v) is 2.87. The molecule has 118 valence electrons. The molecule has 0 spiro atoms. The predicted molar refractivity (Wildman–Crippen MR) is 93.4 cm³/mol. The molecule has 0 amide bonds. The van der Waals surface area contributed by atoms with Crippen molar-refractivity contribution >= 4 is 16.9 Å². The average molecular weight is 307 g/mol. The Balaban J connectivity index is 2.01.